The summed E-state index contributed by atoms with van der Waals surface area (Å²) in [6.45, 7) is 0. The molecule has 0 amide bonds. The summed E-state index contributed by atoms with van der Waals surface area (Å²) in [6, 6.07) is 0. The molecule has 0 aliphatic rings. The highest BCUT2D eigenvalue weighted by Crippen LogP contribution is 1.85. The molecule has 0 rings (SSSR count). The molecule has 0 saturated heterocycles. The number of nitrogens with two attached hydrogens (primary N) is 1. The molecule has 40 valence electrons. The Morgan fingerprint density at radius 1 is 2.00 bits per heavy atom. The van der Waals surface area contributed by atoms with Gasteiger partial charge in [0.05, 0.1) is 4.92 Å². The van der Waals surface area contributed by atoms with Crippen LogP contribution in [0.2, 0.25) is 0 Å². The van der Waals surface area contributed by atoms with Crippen LogP contribution in [0.1, 0.15) is 0 Å². The average Bonchev–Trinajstić information content (AvgIpc) is 1.27. The second-order valence-electron chi connectivity index (χ2n) is 0.839. The van der Waals surface area contributed by atoms with Crippen LogP contribution >= 0.6 is 12.6 Å². The van der Waals surface area contributed by atoms with E-state index in [0.29, 0.717) is 6.20 Å². The monoisotopic (exact) mass is 120 g/mol. The van der Waals surface area contributed by atoms with E-state index in [0.717, 1.165) is 0 Å². The van der Waals surface area contributed by atoms with Crippen LogP contribution in [-0.4, -0.2) is 4.92 Å². The van der Waals surface area contributed by atoms with Crippen molar-refractivity contribution >= 4 is 12.6 Å². The lowest BCUT2D eigenvalue weighted by Gasteiger charge is -1.77. The standard InChI is InChI=1S/C2H4N2O2S/c3-2(7)1-4(5)6/h1,7H,3H2. The van der Waals surface area contributed by atoms with Gasteiger partial charge in [-0.15, -0.1) is 12.6 Å². The third-order valence-corrected chi connectivity index (χ3v) is 0.353. The maximum atomic E-state index is 9.41. The Bertz CT molecular complexity index is 106. The van der Waals surface area contributed by atoms with Gasteiger partial charge in [0.15, 0.2) is 0 Å². The van der Waals surface area contributed by atoms with Crippen molar-refractivity contribution in [2.75, 3.05) is 0 Å². The SMILES string of the molecule is NC(S)=C[N+](=O)[O-]. The molecule has 0 aromatic rings. The largest absolute Gasteiger partial charge is 0.389 e. The van der Waals surface area contributed by atoms with Gasteiger partial charge in [-0.3, -0.25) is 10.1 Å². The van der Waals surface area contributed by atoms with Crippen LogP contribution in [0.25, 0.3) is 0 Å². The van der Waals surface area contributed by atoms with Gasteiger partial charge in [-0.2, -0.15) is 0 Å². The maximum absolute atomic E-state index is 9.41. The van der Waals surface area contributed by atoms with Crippen molar-refractivity contribution in [2.45, 2.75) is 0 Å². The van der Waals surface area contributed by atoms with Crippen LogP contribution in [0.15, 0.2) is 11.2 Å². The van der Waals surface area contributed by atoms with Crippen molar-refractivity contribution in [3.8, 4) is 0 Å². The molecule has 4 nitrogen and oxygen atoms in total. The van der Waals surface area contributed by atoms with Gasteiger partial charge in [-0.05, 0) is 0 Å². The van der Waals surface area contributed by atoms with Crippen molar-refractivity contribution in [1.82, 2.24) is 0 Å². The van der Waals surface area contributed by atoms with Crippen LogP contribution in [0.4, 0.5) is 0 Å². The molecule has 0 aromatic carbocycles. The van der Waals surface area contributed by atoms with E-state index in [2.05, 4.69) is 12.6 Å². The molecule has 5 heteroatoms. The second-order valence-corrected chi connectivity index (χ2v) is 1.36. The highest BCUT2D eigenvalue weighted by atomic mass is 32.1. The van der Waals surface area contributed by atoms with Gasteiger partial charge >= 0.3 is 0 Å². The molecule has 0 unspecified atom stereocenters. The van der Waals surface area contributed by atoms with E-state index in [1.54, 1.807) is 0 Å². The number of hydrogen-bond acceptors (Lipinski definition) is 4. The van der Waals surface area contributed by atoms with Crippen LogP contribution in [0, 0.1) is 10.1 Å². The van der Waals surface area contributed by atoms with Gasteiger partial charge in [0.2, 0.25) is 0 Å². The molecule has 7 heavy (non-hydrogen) atoms. The first kappa shape index (κ1) is 6.29. The molecule has 2 N–H and O–H groups in total. The number of nitro groups is 1. The van der Waals surface area contributed by atoms with E-state index >= 15 is 0 Å². The highest BCUT2D eigenvalue weighted by Gasteiger charge is 1.85. The summed E-state index contributed by atoms with van der Waals surface area (Å²) in [5.74, 6) is 0. The molecule has 0 saturated carbocycles. The van der Waals surface area contributed by atoms with E-state index in [4.69, 9.17) is 5.73 Å². The van der Waals surface area contributed by atoms with Crippen LogP contribution in [-0.2, 0) is 0 Å². The maximum Gasteiger partial charge on any atom is 0.263 e. The fourth-order valence-corrected chi connectivity index (χ4v) is 0.202. The fraction of sp³-hybridized carbons (Fsp3) is 0. The molecule has 0 aromatic heterocycles. The Kier molecular flexibility index (Phi) is 2.21. The molecule has 0 heterocycles. The van der Waals surface area contributed by atoms with E-state index in [1.165, 1.54) is 0 Å². The summed E-state index contributed by atoms with van der Waals surface area (Å²) in [7, 11) is 0. The Labute approximate surface area is 45.6 Å². The van der Waals surface area contributed by atoms with Crippen molar-refractivity contribution in [2.24, 2.45) is 5.73 Å². The van der Waals surface area contributed by atoms with Gasteiger partial charge < -0.3 is 5.73 Å². The van der Waals surface area contributed by atoms with Crippen LogP contribution in [0.3, 0.4) is 0 Å². The zero-order chi connectivity index (χ0) is 5.86. The van der Waals surface area contributed by atoms with Crippen molar-refractivity contribution < 1.29 is 4.92 Å². The summed E-state index contributed by atoms with van der Waals surface area (Å²) in [6.07, 6.45) is 0.614. The Morgan fingerprint density at radius 2 is 2.43 bits per heavy atom. The number of hydrogen-bond donors (Lipinski definition) is 2. The van der Waals surface area contributed by atoms with Gasteiger partial charge in [0.1, 0.15) is 5.03 Å². The van der Waals surface area contributed by atoms with Gasteiger partial charge in [0, 0.05) is 0 Å². The third kappa shape index (κ3) is 5.29. The molecular weight excluding hydrogens is 116 g/mol. The minimum absolute atomic E-state index is 0.0926. The number of rotatable bonds is 1. The normalized spacial score (nSPS) is 11.3. The minimum Gasteiger partial charge on any atom is -0.389 e. The second kappa shape index (κ2) is 2.46. The first-order valence-electron chi connectivity index (χ1n) is 1.42. The first-order chi connectivity index (χ1) is 3.13. The topological polar surface area (TPSA) is 69.2 Å². The van der Waals surface area contributed by atoms with E-state index < -0.39 is 4.92 Å². The molecule has 0 radical (unpaired) electrons. The zero-order valence-electron chi connectivity index (χ0n) is 3.37. The van der Waals surface area contributed by atoms with E-state index in [9.17, 15) is 10.1 Å². The van der Waals surface area contributed by atoms with Gasteiger partial charge in [0.25, 0.3) is 6.20 Å². The average molecular weight is 120 g/mol. The Morgan fingerprint density at radius 3 is 2.43 bits per heavy atom. The molecule has 0 spiro atoms. The van der Waals surface area contributed by atoms with Gasteiger partial charge in [-0.25, -0.2) is 0 Å². The van der Waals surface area contributed by atoms with Crippen molar-refractivity contribution in [3.63, 3.8) is 0 Å². The minimum atomic E-state index is -0.664. The van der Waals surface area contributed by atoms with Crippen LogP contribution in [0.5, 0.6) is 0 Å². The molecule has 0 fully saturated rings. The zero-order valence-corrected chi connectivity index (χ0v) is 4.26. The summed E-state index contributed by atoms with van der Waals surface area (Å²) in [5, 5.41) is 9.32. The van der Waals surface area contributed by atoms with Gasteiger partial charge in [-0.1, -0.05) is 0 Å². The summed E-state index contributed by atoms with van der Waals surface area (Å²) < 4.78 is 0. The lowest BCUT2D eigenvalue weighted by Crippen LogP contribution is -1.92. The van der Waals surface area contributed by atoms with E-state index in [-0.39, 0.29) is 5.03 Å². The molecule has 0 atom stereocenters. The lowest BCUT2D eigenvalue weighted by molar-refractivity contribution is -0.402. The van der Waals surface area contributed by atoms with E-state index in [1.807, 2.05) is 0 Å². The molecule has 0 bridgehead atoms. The first-order valence-corrected chi connectivity index (χ1v) is 1.87. The third-order valence-electron chi connectivity index (χ3n) is 0.238. The lowest BCUT2D eigenvalue weighted by atomic mass is 10.9. The predicted molar refractivity (Wildman–Crippen MR) is 28.3 cm³/mol. The van der Waals surface area contributed by atoms with Crippen molar-refractivity contribution in [3.05, 3.63) is 21.3 Å². The number of nitrogens with zero attached hydrogens (tertiary/aromatic N) is 1. The fourth-order valence-electron chi connectivity index (χ4n) is 0.108. The molecular formula is C2H4N2O2S. The smallest absolute Gasteiger partial charge is 0.263 e. The highest BCUT2D eigenvalue weighted by molar-refractivity contribution is 7.84. The van der Waals surface area contributed by atoms with Crippen molar-refractivity contribution in [1.29, 1.82) is 0 Å². The summed E-state index contributed by atoms with van der Waals surface area (Å²) >= 11 is 3.43. The summed E-state index contributed by atoms with van der Waals surface area (Å²) in [5.41, 5.74) is 4.78. The Balaban J connectivity index is 3.68. The molecule has 0 aliphatic carbocycles. The quantitative estimate of drug-likeness (QED) is 0.289. The number of thiol groups is 1. The predicted octanol–water partition coefficient (Wildman–Crippen LogP) is -0.0495. The van der Waals surface area contributed by atoms with Crippen LogP contribution < -0.4 is 5.73 Å². The summed E-state index contributed by atoms with van der Waals surface area (Å²) in [4.78, 5) is 8.75. The Hall–Kier alpha value is -0.710. The molecule has 0 aliphatic heterocycles.